The third kappa shape index (κ3) is 2.81. The van der Waals surface area contributed by atoms with Gasteiger partial charge in [-0.15, -0.1) is 11.3 Å². The van der Waals surface area contributed by atoms with Crippen molar-refractivity contribution in [3.63, 3.8) is 0 Å². The normalized spacial score (nSPS) is 14.8. The molecule has 3 nitrogen and oxygen atoms in total. The summed E-state index contributed by atoms with van der Waals surface area (Å²) in [6.07, 6.45) is -4.64. The molecule has 0 saturated heterocycles. The zero-order valence-electron chi connectivity index (χ0n) is 11.4. The molecule has 0 atom stereocenters. The van der Waals surface area contributed by atoms with E-state index in [1.54, 1.807) is 0 Å². The molecule has 7 heteroatoms. The van der Waals surface area contributed by atoms with Crippen LogP contribution in [0, 0.1) is 0 Å². The Morgan fingerprint density at radius 3 is 2.50 bits per heavy atom. The fraction of sp³-hybridized carbons (Fsp3) is 0.267. The molecule has 0 bridgehead atoms. The van der Waals surface area contributed by atoms with Gasteiger partial charge in [0.05, 0.1) is 12.1 Å². The predicted molar refractivity (Wildman–Crippen MR) is 76.9 cm³/mol. The van der Waals surface area contributed by atoms with Crippen LogP contribution < -0.4 is 0 Å². The second-order valence-electron chi connectivity index (χ2n) is 5.09. The van der Waals surface area contributed by atoms with Gasteiger partial charge in [0.1, 0.15) is 0 Å². The Morgan fingerprint density at radius 2 is 1.91 bits per heavy atom. The average molecular weight is 327 g/mol. The van der Waals surface area contributed by atoms with E-state index in [4.69, 9.17) is 5.11 Å². The first-order valence-electron chi connectivity index (χ1n) is 6.61. The molecule has 0 unspecified atom stereocenters. The molecule has 1 amide bonds. The summed E-state index contributed by atoms with van der Waals surface area (Å²) in [5, 5.41) is 9.02. The van der Waals surface area contributed by atoms with E-state index in [0.29, 0.717) is 25.1 Å². The summed E-state index contributed by atoms with van der Waals surface area (Å²) in [6.45, 7) is 0.789. The number of amides is 1. The summed E-state index contributed by atoms with van der Waals surface area (Å²) >= 11 is 1.51. The van der Waals surface area contributed by atoms with Crippen molar-refractivity contribution in [2.45, 2.75) is 19.1 Å². The molecule has 1 aromatic carbocycles. The van der Waals surface area contributed by atoms with Crippen LogP contribution in [0.5, 0.6) is 0 Å². The molecule has 2 aromatic rings. The van der Waals surface area contributed by atoms with Crippen molar-refractivity contribution < 1.29 is 23.1 Å². The highest BCUT2D eigenvalue weighted by Crippen LogP contribution is 2.36. The van der Waals surface area contributed by atoms with Crippen molar-refractivity contribution >= 4 is 17.4 Å². The number of fused-ring (bicyclic) bond motifs is 1. The number of nitrogens with zero attached hydrogens (tertiary/aromatic N) is 1. The van der Waals surface area contributed by atoms with Gasteiger partial charge in [-0.05, 0) is 35.7 Å². The lowest BCUT2D eigenvalue weighted by atomic mass is 10.1. The van der Waals surface area contributed by atoms with Crippen LogP contribution in [0.25, 0.3) is 10.4 Å². The zero-order valence-corrected chi connectivity index (χ0v) is 12.2. The van der Waals surface area contributed by atoms with Crippen molar-refractivity contribution in [3.05, 3.63) is 46.3 Å². The van der Waals surface area contributed by atoms with Crippen LogP contribution in [0.1, 0.15) is 16.0 Å². The largest absolute Gasteiger partial charge is 0.465 e. The molecule has 1 aromatic heterocycles. The standard InChI is InChI=1S/C15H12F3NO2S/c16-15(17,18)11-3-1-9(2-4-11)13-7-10-8-19(14(20)21)6-5-12(10)22-13/h1-4,7H,5-6,8H2,(H,20,21). The molecule has 0 saturated carbocycles. The van der Waals surface area contributed by atoms with Crippen molar-refractivity contribution in [1.82, 2.24) is 4.90 Å². The van der Waals surface area contributed by atoms with E-state index < -0.39 is 17.8 Å². The Kier molecular flexibility index (Phi) is 3.60. The van der Waals surface area contributed by atoms with E-state index in [1.807, 2.05) is 6.07 Å². The van der Waals surface area contributed by atoms with Gasteiger partial charge in [-0.2, -0.15) is 13.2 Å². The molecule has 3 rings (SSSR count). The van der Waals surface area contributed by atoms with Gasteiger partial charge >= 0.3 is 12.3 Å². The zero-order chi connectivity index (χ0) is 15.9. The highest BCUT2D eigenvalue weighted by molar-refractivity contribution is 7.15. The van der Waals surface area contributed by atoms with Crippen LogP contribution in [-0.4, -0.2) is 22.6 Å². The Labute approximate surface area is 128 Å². The van der Waals surface area contributed by atoms with Crippen molar-refractivity contribution in [2.24, 2.45) is 0 Å². The van der Waals surface area contributed by atoms with Crippen LogP contribution >= 0.6 is 11.3 Å². The van der Waals surface area contributed by atoms with Crippen LogP contribution in [0.2, 0.25) is 0 Å². The van der Waals surface area contributed by atoms with Gasteiger partial charge in [-0.3, -0.25) is 0 Å². The lowest BCUT2D eigenvalue weighted by Crippen LogP contribution is -2.33. The maximum Gasteiger partial charge on any atom is 0.416 e. The van der Waals surface area contributed by atoms with E-state index in [0.717, 1.165) is 27.5 Å². The first-order valence-corrected chi connectivity index (χ1v) is 7.43. The highest BCUT2D eigenvalue weighted by Gasteiger charge is 2.30. The van der Waals surface area contributed by atoms with Crippen LogP contribution in [0.3, 0.4) is 0 Å². The first kappa shape index (κ1) is 14.9. The Hall–Kier alpha value is -2.02. The second kappa shape index (κ2) is 5.31. The molecule has 1 aliphatic heterocycles. The van der Waals surface area contributed by atoms with Gasteiger partial charge in [0, 0.05) is 16.3 Å². The summed E-state index contributed by atoms with van der Waals surface area (Å²) in [6, 6.07) is 6.91. The molecular formula is C15H12F3NO2S. The van der Waals surface area contributed by atoms with Crippen LogP contribution in [-0.2, 0) is 19.1 Å². The molecule has 2 heterocycles. The molecule has 0 aliphatic carbocycles. The molecule has 22 heavy (non-hydrogen) atoms. The maximum atomic E-state index is 12.6. The number of rotatable bonds is 1. The number of halogens is 3. The quantitative estimate of drug-likeness (QED) is 0.839. The van der Waals surface area contributed by atoms with Crippen LogP contribution in [0.15, 0.2) is 30.3 Å². The lowest BCUT2D eigenvalue weighted by Gasteiger charge is -2.23. The minimum absolute atomic E-state index is 0.335. The van der Waals surface area contributed by atoms with E-state index in [9.17, 15) is 18.0 Å². The molecule has 1 N–H and O–H groups in total. The van der Waals surface area contributed by atoms with Crippen molar-refractivity contribution in [1.29, 1.82) is 0 Å². The fourth-order valence-electron chi connectivity index (χ4n) is 2.46. The van der Waals surface area contributed by atoms with Gasteiger partial charge in [0.15, 0.2) is 0 Å². The smallest absolute Gasteiger partial charge is 0.416 e. The number of thiophene rings is 1. The predicted octanol–water partition coefficient (Wildman–Crippen LogP) is 4.47. The molecule has 0 radical (unpaired) electrons. The minimum atomic E-state index is -4.34. The summed E-state index contributed by atoms with van der Waals surface area (Å²) in [7, 11) is 0. The monoisotopic (exact) mass is 327 g/mol. The first-order chi connectivity index (χ1) is 10.3. The van der Waals surface area contributed by atoms with E-state index in [-0.39, 0.29) is 0 Å². The maximum absolute atomic E-state index is 12.6. The topological polar surface area (TPSA) is 40.5 Å². The van der Waals surface area contributed by atoms with E-state index in [2.05, 4.69) is 0 Å². The summed E-state index contributed by atoms with van der Waals surface area (Å²) in [5.74, 6) is 0. The lowest BCUT2D eigenvalue weighted by molar-refractivity contribution is -0.137. The van der Waals surface area contributed by atoms with Gasteiger partial charge in [-0.25, -0.2) is 4.79 Å². The number of alkyl halides is 3. The van der Waals surface area contributed by atoms with E-state index in [1.165, 1.54) is 28.4 Å². The molecule has 0 spiro atoms. The molecule has 1 aliphatic rings. The molecule has 116 valence electrons. The molecular weight excluding hydrogens is 315 g/mol. The SMILES string of the molecule is O=C(O)N1CCc2sc(-c3ccc(C(F)(F)F)cc3)cc2C1. The van der Waals surface area contributed by atoms with Crippen molar-refractivity contribution in [2.75, 3.05) is 6.54 Å². The van der Waals surface area contributed by atoms with E-state index >= 15 is 0 Å². The Balaban J connectivity index is 1.87. The highest BCUT2D eigenvalue weighted by atomic mass is 32.1. The average Bonchev–Trinajstić information content (AvgIpc) is 2.89. The van der Waals surface area contributed by atoms with Gasteiger partial charge in [-0.1, -0.05) is 12.1 Å². The number of hydrogen-bond acceptors (Lipinski definition) is 2. The van der Waals surface area contributed by atoms with Gasteiger partial charge < -0.3 is 10.0 Å². The van der Waals surface area contributed by atoms with Gasteiger partial charge in [0.2, 0.25) is 0 Å². The van der Waals surface area contributed by atoms with Crippen LogP contribution in [0.4, 0.5) is 18.0 Å². The summed E-state index contributed by atoms with van der Waals surface area (Å²) in [5.41, 5.74) is 0.984. The second-order valence-corrected chi connectivity index (χ2v) is 6.23. The number of carbonyl (C=O) groups is 1. The summed E-state index contributed by atoms with van der Waals surface area (Å²) in [4.78, 5) is 14.3. The molecule has 0 fully saturated rings. The third-order valence-electron chi connectivity index (χ3n) is 3.63. The Morgan fingerprint density at radius 1 is 1.23 bits per heavy atom. The minimum Gasteiger partial charge on any atom is -0.465 e. The summed E-state index contributed by atoms with van der Waals surface area (Å²) < 4.78 is 37.7. The number of benzene rings is 1. The fourth-order valence-corrected chi connectivity index (χ4v) is 3.63. The number of hydrogen-bond donors (Lipinski definition) is 1. The van der Waals surface area contributed by atoms with Gasteiger partial charge in [0.25, 0.3) is 0 Å². The third-order valence-corrected chi connectivity index (χ3v) is 4.92. The number of carboxylic acid groups (broad SMARTS) is 1. The Bertz CT molecular complexity index is 707. The van der Waals surface area contributed by atoms with Crippen molar-refractivity contribution in [3.8, 4) is 10.4 Å².